The van der Waals surface area contributed by atoms with Crippen LogP contribution in [0.2, 0.25) is 0 Å². The summed E-state index contributed by atoms with van der Waals surface area (Å²) in [4.78, 5) is 36.0. The molecule has 0 aliphatic heterocycles. The van der Waals surface area contributed by atoms with Gasteiger partial charge >= 0.3 is 18.2 Å². The van der Waals surface area contributed by atoms with Crippen LogP contribution in [0.15, 0.2) is 67.3 Å². The number of carbonyl (C=O) groups excluding carboxylic acids is 2. The Morgan fingerprint density at radius 3 is 2.40 bits per heavy atom. The van der Waals surface area contributed by atoms with Gasteiger partial charge in [-0.1, -0.05) is 48.5 Å². The van der Waals surface area contributed by atoms with E-state index in [2.05, 4.69) is 22.5 Å². The highest BCUT2D eigenvalue weighted by atomic mass is 16.6. The Morgan fingerprint density at radius 2 is 1.77 bits per heavy atom. The maximum Gasteiger partial charge on any atom is 0.407 e. The maximum absolute atomic E-state index is 12.4. The molecule has 2 atom stereocenters. The molecule has 2 aromatic carbocycles. The largest absolute Gasteiger partial charge is 0.480 e. The number of benzene rings is 2. The first-order valence-electron chi connectivity index (χ1n) is 11.2. The van der Waals surface area contributed by atoms with Crippen molar-refractivity contribution < 1.29 is 29.0 Å². The molecule has 9 nitrogen and oxygen atoms in total. The highest BCUT2D eigenvalue weighted by molar-refractivity contribution is 5.79. The van der Waals surface area contributed by atoms with Crippen molar-refractivity contribution >= 4 is 23.8 Å². The van der Waals surface area contributed by atoms with Gasteiger partial charge in [-0.25, -0.2) is 14.4 Å². The first-order valence-corrected chi connectivity index (χ1v) is 11.2. The highest BCUT2D eigenvalue weighted by Crippen LogP contribution is 2.22. The summed E-state index contributed by atoms with van der Waals surface area (Å²) in [6.07, 6.45) is 0.826. The van der Waals surface area contributed by atoms with Crippen LogP contribution >= 0.6 is 0 Å². The molecule has 9 heteroatoms. The van der Waals surface area contributed by atoms with Crippen molar-refractivity contribution in [1.29, 1.82) is 0 Å². The number of ether oxygens (including phenoxy) is 2. The van der Waals surface area contributed by atoms with Crippen LogP contribution in [0.1, 0.15) is 44.4 Å². The van der Waals surface area contributed by atoms with E-state index in [1.54, 1.807) is 45.0 Å². The molecule has 0 aromatic heterocycles. The van der Waals surface area contributed by atoms with Gasteiger partial charge < -0.3 is 30.5 Å². The van der Waals surface area contributed by atoms with Gasteiger partial charge in [-0.2, -0.15) is 0 Å². The molecule has 0 fully saturated rings. The van der Waals surface area contributed by atoms with Crippen LogP contribution < -0.4 is 16.0 Å². The Labute approximate surface area is 205 Å². The minimum atomic E-state index is -1.14. The fraction of sp³-hybridized carbons (Fsp3) is 0.346. The van der Waals surface area contributed by atoms with Crippen molar-refractivity contribution in [2.24, 2.45) is 0 Å². The lowest BCUT2D eigenvalue weighted by molar-refractivity contribution is -0.137. The van der Waals surface area contributed by atoms with Crippen LogP contribution in [0.5, 0.6) is 0 Å². The van der Waals surface area contributed by atoms with Crippen LogP contribution in [0.4, 0.5) is 15.3 Å². The van der Waals surface area contributed by atoms with E-state index >= 15 is 0 Å². The summed E-state index contributed by atoms with van der Waals surface area (Å²) in [6, 6.07) is 14.8. The summed E-state index contributed by atoms with van der Waals surface area (Å²) in [7, 11) is 0. The van der Waals surface area contributed by atoms with Crippen molar-refractivity contribution in [3.05, 3.63) is 78.4 Å². The topological polar surface area (TPSA) is 126 Å². The van der Waals surface area contributed by atoms with Crippen molar-refractivity contribution in [2.45, 2.75) is 51.5 Å². The molecule has 0 bridgehead atoms. The molecule has 0 heterocycles. The zero-order chi connectivity index (χ0) is 25.8. The van der Waals surface area contributed by atoms with Crippen LogP contribution in [0, 0.1) is 0 Å². The van der Waals surface area contributed by atoms with E-state index in [4.69, 9.17) is 9.47 Å². The number of carboxylic acid groups (broad SMARTS) is 1. The number of aliphatic carboxylic acids is 1. The molecule has 2 amide bonds. The van der Waals surface area contributed by atoms with Gasteiger partial charge in [-0.05, 0) is 50.5 Å². The molecule has 2 rings (SSSR count). The van der Waals surface area contributed by atoms with E-state index in [-0.39, 0.29) is 13.2 Å². The Morgan fingerprint density at radius 1 is 1.06 bits per heavy atom. The molecule has 4 N–H and O–H groups in total. The Hall–Kier alpha value is -4.01. The molecule has 35 heavy (non-hydrogen) atoms. The number of alkyl carbamates (subject to hydrolysis) is 2. The fourth-order valence-electron chi connectivity index (χ4n) is 3.10. The number of carboxylic acids is 1. The van der Waals surface area contributed by atoms with E-state index in [0.29, 0.717) is 12.1 Å². The molecular formula is C26H33N3O6. The van der Waals surface area contributed by atoms with E-state index in [1.807, 2.05) is 36.4 Å². The molecule has 0 aliphatic carbocycles. The van der Waals surface area contributed by atoms with Gasteiger partial charge in [-0.3, -0.25) is 0 Å². The molecule has 0 spiro atoms. The second-order valence-electron chi connectivity index (χ2n) is 8.83. The summed E-state index contributed by atoms with van der Waals surface area (Å²) in [5.41, 5.74) is 1.42. The zero-order valence-corrected chi connectivity index (χ0v) is 20.2. The third kappa shape index (κ3) is 10.2. The SMILES string of the molecule is C=CC[C@H](NC(=O)OCc1ccccc1)c1cccc(NC(CNC(=O)OC(C)(C)C)C(=O)O)c1. The van der Waals surface area contributed by atoms with E-state index in [0.717, 1.165) is 11.1 Å². The fourth-order valence-corrected chi connectivity index (χ4v) is 3.10. The predicted octanol–water partition coefficient (Wildman–Crippen LogP) is 4.62. The van der Waals surface area contributed by atoms with Crippen molar-refractivity contribution in [3.8, 4) is 0 Å². The first-order chi connectivity index (χ1) is 16.6. The number of hydrogen-bond donors (Lipinski definition) is 4. The van der Waals surface area contributed by atoms with Gasteiger partial charge in [0.05, 0.1) is 12.6 Å². The number of amides is 2. The van der Waals surface area contributed by atoms with Crippen molar-refractivity contribution in [3.63, 3.8) is 0 Å². The van der Waals surface area contributed by atoms with E-state index in [1.165, 1.54) is 0 Å². The average molecular weight is 484 g/mol. The summed E-state index contributed by atoms with van der Waals surface area (Å²) in [6.45, 7) is 8.86. The molecule has 2 aromatic rings. The number of hydrogen-bond acceptors (Lipinski definition) is 6. The van der Waals surface area contributed by atoms with Crippen LogP contribution in [0.25, 0.3) is 0 Å². The first kappa shape index (κ1) is 27.2. The minimum absolute atomic E-state index is 0.139. The van der Waals surface area contributed by atoms with E-state index < -0.39 is 35.8 Å². The predicted molar refractivity (Wildman–Crippen MR) is 133 cm³/mol. The molecule has 188 valence electrons. The standard InChI is InChI=1S/C26H33N3O6/c1-5-10-21(29-25(33)34-17-18-11-7-6-8-12-18)19-13-9-14-20(15-19)28-22(23(30)31)16-27-24(32)35-26(2,3)4/h5-9,11-15,21-22,28H,1,10,16-17H2,2-4H3,(H,27,32)(H,29,33)(H,30,31)/t21-,22?/m0/s1. The molecule has 0 saturated heterocycles. The second-order valence-corrected chi connectivity index (χ2v) is 8.83. The lowest BCUT2D eigenvalue weighted by Gasteiger charge is -2.22. The number of nitrogens with one attached hydrogen (secondary N) is 3. The van der Waals surface area contributed by atoms with Crippen LogP contribution in [0.3, 0.4) is 0 Å². The van der Waals surface area contributed by atoms with Crippen molar-refractivity contribution in [1.82, 2.24) is 10.6 Å². The summed E-state index contributed by atoms with van der Waals surface area (Å²) in [5.74, 6) is -1.14. The minimum Gasteiger partial charge on any atom is -0.480 e. The third-order valence-electron chi connectivity index (χ3n) is 4.68. The lowest BCUT2D eigenvalue weighted by Crippen LogP contribution is -2.43. The van der Waals surface area contributed by atoms with Crippen LogP contribution in [-0.4, -0.2) is 41.4 Å². The van der Waals surface area contributed by atoms with Gasteiger partial charge in [0.15, 0.2) is 0 Å². The van der Waals surface area contributed by atoms with Gasteiger partial charge in [0.1, 0.15) is 18.2 Å². The Kier molecular flexibility index (Phi) is 10.1. The normalized spacial score (nSPS) is 12.5. The molecular weight excluding hydrogens is 450 g/mol. The number of rotatable bonds is 11. The monoisotopic (exact) mass is 483 g/mol. The Balaban J connectivity index is 2.02. The average Bonchev–Trinajstić information content (AvgIpc) is 2.79. The molecule has 0 radical (unpaired) electrons. The van der Waals surface area contributed by atoms with Gasteiger partial charge in [0, 0.05) is 5.69 Å². The summed E-state index contributed by atoms with van der Waals surface area (Å²) >= 11 is 0. The smallest absolute Gasteiger partial charge is 0.407 e. The van der Waals surface area contributed by atoms with Gasteiger partial charge in [-0.15, -0.1) is 6.58 Å². The number of carbonyl (C=O) groups is 3. The van der Waals surface area contributed by atoms with Gasteiger partial charge in [0.2, 0.25) is 0 Å². The second kappa shape index (κ2) is 13.0. The molecule has 0 aliphatic rings. The summed E-state index contributed by atoms with van der Waals surface area (Å²) < 4.78 is 10.5. The van der Waals surface area contributed by atoms with Gasteiger partial charge in [0.25, 0.3) is 0 Å². The zero-order valence-electron chi connectivity index (χ0n) is 20.2. The summed E-state index contributed by atoms with van der Waals surface area (Å²) in [5, 5.41) is 17.7. The quantitative estimate of drug-likeness (QED) is 0.344. The highest BCUT2D eigenvalue weighted by Gasteiger charge is 2.22. The third-order valence-corrected chi connectivity index (χ3v) is 4.68. The lowest BCUT2D eigenvalue weighted by atomic mass is 10.0. The number of anilines is 1. The maximum atomic E-state index is 12.4. The molecule has 0 saturated carbocycles. The van der Waals surface area contributed by atoms with Crippen molar-refractivity contribution in [2.75, 3.05) is 11.9 Å². The molecule has 1 unspecified atom stereocenters. The van der Waals surface area contributed by atoms with Crippen LogP contribution in [-0.2, 0) is 20.9 Å². The van der Waals surface area contributed by atoms with E-state index in [9.17, 15) is 19.5 Å². The Bertz CT molecular complexity index is 1000.